The first-order valence-electron chi connectivity index (χ1n) is 9.51. The zero-order valence-electron chi connectivity index (χ0n) is 17.0. The number of amides is 1. The zero-order chi connectivity index (χ0) is 23.1. The lowest BCUT2D eigenvalue weighted by atomic mass is 10.1. The van der Waals surface area contributed by atoms with Crippen molar-refractivity contribution < 1.29 is 17.4 Å². The molecule has 3 rings (SSSR count). The van der Waals surface area contributed by atoms with Crippen LogP contribution < -0.4 is 10.0 Å². The van der Waals surface area contributed by atoms with Crippen molar-refractivity contribution >= 4 is 44.3 Å². The lowest BCUT2D eigenvalue weighted by molar-refractivity contribution is -0.115. The Morgan fingerprint density at radius 2 is 1.94 bits per heavy atom. The SMILES string of the molecule is Cc1ccc(CCNS(=O)(=O)c2ccc(Cl)cc2)c(S(=O)CCC(=O)Nc2nn[nH]n2)c1. The first-order valence-corrected chi connectivity index (χ1v) is 12.7. The van der Waals surface area contributed by atoms with Gasteiger partial charge in [-0.25, -0.2) is 13.1 Å². The summed E-state index contributed by atoms with van der Waals surface area (Å²) in [5.74, 6) is -0.244. The number of carbonyl (C=O) groups excluding carboxylic acids is 1. The number of tetrazole rings is 1. The van der Waals surface area contributed by atoms with Crippen LogP contribution in [-0.4, -0.2) is 51.5 Å². The van der Waals surface area contributed by atoms with Crippen LogP contribution in [-0.2, 0) is 32.0 Å². The fourth-order valence-corrected chi connectivity index (χ4v) is 5.32. The van der Waals surface area contributed by atoms with Gasteiger partial charge in [0.15, 0.2) is 0 Å². The monoisotopic (exact) mass is 496 g/mol. The highest BCUT2D eigenvalue weighted by Crippen LogP contribution is 2.18. The normalized spacial score (nSPS) is 12.4. The third kappa shape index (κ3) is 6.66. The predicted molar refractivity (Wildman–Crippen MR) is 120 cm³/mol. The molecule has 0 aliphatic rings. The third-order valence-corrected chi connectivity index (χ3v) is 7.56. The van der Waals surface area contributed by atoms with Crippen molar-refractivity contribution in [3.8, 4) is 0 Å². The number of nitrogens with zero attached hydrogens (tertiary/aromatic N) is 3. The van der Waals surface area contributed by atoms with E-state index in [9.17, 15) is 17.4 Å². The number of anilines is 1. The number of H-pyrrole nitrogens is 1. The summed E-state index contributed by atoms with van der Waals surface area (Å²) in [5, 5.41) is 15.7. The van der Waals surface area contributed by atoms with Gasteiger partial charge in [-0.1, -0.05) is 28.8 Å². The maximum Gasteiger partial charge on any atom is 0.269 e. The van der Waals surface area contributed by atoms with Gasteiger partial charge in [-0.05, 0) is 60.0 Å². The van der Waals surface area contributed by atoms with Crippen molar-refractivity contribution in [2.24, 2.45) is 0 Å². The van der Waals surface area contributed by atoms with Crippen molar-refractivity contribution in [2.45, 2.75) is 29.6 Å². The summed E-state index contributed by atoms with van der Waals surface area (Å²) < 4.78 is 40.3. The summed E-state index contributed by atoms with van der Waals surface area (Å²) in [5.41, 5.74) is 1.65. The van der Waals surface area contributed by atoms with Crippen LogP contribution in [0.4, 0.5) is 5.95 Å². The number of nitrogens with one attached hydrogen (secondary N) is 3. The van der Waals surface area contributed by atoms with E-state index in [1.807, 2.05) is 19.1 Å². The van der Waals surface area contributed by atoms with Crippen LogP contribution in [0.5, 0.6) is 0 Å². The van der Waals surface area contributed by atoms with E-state index in [4.69, 9.17) is 11.6 Å². The summed E-state index contributed by atoms with van der Waals surface area (Å²) in [4.78, 5) is 12.7. The fraction of sp³-hybridized carbons (Fsp3) is 0.263. The van der Waals surface area contributed by atoms with E-state index in [-0.39, 0.29) is 35.5 Å². The molecule has 13 heteroatoms. The van der Waals surface area contributed by atoms with Crippen LogP contribution >= 0.6 is 11.6 Å². The van der Waals surface area contributed by atoms with E-state index >= 15 is 0 Å². The molecule has 32 heavy (non-hydrogen) atoms. The molecule has 0 radical (unpaired) electrons. The summed E-state index contributed by atoms with van der Waals surface area (Å²) in [6.45, 7) is 1.99. The molecule has 0 fully saturated rings. The van der Waals surface area contributed by atoms with Crippen molar-refractivity contribution in [3.63, 3.8) is 0 Å². The zero-order valence-corrected chi connectivity index (χ0v) is 19.4. The first-order chi connectivity index (χ1) is 15.2. The highest BCUT2D eigenvalue weighted by atomic mass is 35.5. The second-order valence-electron chi connectivity index (χ2n) is 6.80. The van der Waals surface area contributed by atoms with Crippen LogP contribution in [0.1, 0.15) is 17.5 Å². The average molecular weight is 497 g/mol. The maximum atomic E-state index is 12.9. The molecule has 3 aromatic rings. The number of aryl methyl sites for hydroxylation is 1. The molecule has 1 unspecified atom stereocenters. The molecule has 0 saturated carbocycles. The van der Waals surface area contributed by atoms with Gasteiger partial charge in [0.25, 0.3) is 5.95 Å². The molecule has 1 atom stereocenters. The number of halogens is 1. The Kier molecular flexibility index (Phi) is 8.07. The van der Waals surface area contributed by atoms with Crippen molar-refractivity contribution in [1.29, 1.82) is 0 Å². The molecule has 0 aliphatic heterocycles. The molecule has 170 valence electrons. The first kappa shape index (κ1) is 24.0. The van der Waals surface area contributed by atoms with Crippen molar-refractivity contribution in [1.82, 2.24) is 25.3 Å². The Balaban J connectivity index is 1.60. The van der Waals surface area contributed by atoms with Crippen LogP contribution in [0, 0.1) is 6.92 Å². The number of carbonyl (C=O) groups is 1. The number of hydrogen-bond acceptors (Lipinski definition) is 7. The van der Waals surface area contributed by atoms with Gasteiger partial charge >= 0.3 is 0 Å². The van der Waals surface area contributed by atoms with Gasteiger partial charge in [0.2, 0.25) is 15.9 Å². The van der Waals surface area contributed by atoms with Crippen LogP contribution in [0.25, 0.3) is 0 Å². The van der Waals surface area contributed by atoms with Gasteiger partial charge in [0, 0.05) is 28.6 Å². The fourth-order valence-electron chi connectivity index (χ4n) is 2.79. The van der Waals surface area contributed by atoms with Gasteiger partial charge in [-0.2, -0.15) is 5.21 Å². The van der Waals surface area contributed by atoms with E-state index in [1.165, 1.54) is 24.3 Å². The van der Waals surface area contributed by atoms with E-state index in [2.05, 4.69) is 30.7 Å². The van der Waals surface area contributed by atoms with Crippen LogP contribution in [0.3, 0.4) is 0 Å². The number of rotatable bonds is 10. The van der Waals surface area contributed by atoms with E-state index in [0.717, 1.165) is 11.1 Å². The minimum Gasteiger partial charge on any atom is -0.292 e. The molecule has 0 bridgehead atoms. The Morgan fingerprint density at radius 3 is 2.62 bits per heavy atom. The minimum atomic E-state index is -3.69. The second kappa shape index (κ2) is 10.8. The highest BCUT2D eigenvalue weighted by molar-refractivity contribution is 7.89. The van der Waals surface area contributed by atoms with Crippen LogP contribution in [0.2, 0.25) is 5.02 Å². The molecule has 0 aliphatic carbocycles. The number of aromatic nitrogens is 4. The third-order valence-electron chi connectivity index (χ3n) is 4.39. The Hall–Kier alpha value is -2.67. The molecule has 2 aromatic carbocycles. The lowest BCUT2D eigenvalue weighted by Gasteiger charge is -2.12. The minimum absolute atomic E-state index is 0.00225. The number of aromatic amines is 1. The number of sulfonamides is 1. The van der Waals surface area contributed by atoms with Crippen LogP contribution in [0.15, 0.2) is 52.3 Å². The summed E-state index contributed by atoms with van der Waals surface area (Å²) >= 11 is 5.81. The van der Waals surface area contributed by atoms with E-state index < -0.39 is 20.8 Å². The van der Waals surface area contributed by atoms with Gasteiger partial charge in [-0.15, -0.1) is 5.10 Å². The molecule has 1 heterocycles. The molecule has 3 N–H and O–H groups in total. The number of benzene rings is 2. The van der Waals surface area contributed by atoms with Crippen molar-refractivity contribution in [2.75, 3.05) is 17.6 Å². The molecular weight excluding hydrogens is 476 g/mol. The van der Waals surface area contributed by atoms with Gasteiger partial charge in [-0.3, -0.25) is 14.3 Å². The Labute approximate surface area is 192 Å². The molecular formula is C19H21ClN6O4S2. The topological polar surface area (TPSA) is 147 Å². The maximum absolute atomic E-state index is 12.9. The average Bonchev–Trinajstić information content (AvgIpc) is 3.26. The lowest BCUT2D eigenvalue weighted by Crippen LogP contribution is -2.26. The summed E-state index contributed by atoms with van der Waals surface area (Å²) in [7, 11) is -5.15. The second-order valence-corrected chi connectivity index (χ2v) is 10.5. The van der Waals surface area contributed by atoms with E-state index in [0.29, 0.717) is 16.3 Å². The highest BCUT2D eigenvalue weighted by Gasteiger charge is 2.16. The van der Waals surface area contributed by atoms with Gasteiger partial charge in [0.1, 0.15) is 0 Å². The smallest absolute Gasteiger partial charge is 0.269 e. The summed E-state index contributed by atoms with van der Waals surface area (Å²) in [6.07, 6.45) is 0.334. The molecule has 0 spiro atoms. The van der Waals surface area contributed by atoms with Crippen molar-refractivity contribution in [3.05, 3.63) is 58.6 Å². The number of hydrogen-bond donors (Lipinski definition) is 3. The molecule has 1 aromatic heterocycles. The predicted octanol–water partition coefficient (Wildman–Crippen LogP) is 1.82. The Morgan fingerprint density at radius 1 is 1.19 bits per heavy atom. The van der Waals surface area contributed by atoms with Gasteiger partial charge in [0.05, 0.1) is 15.7 Å². The molecule has 0 saturated heterocycles. The largest absolute Gasteiger partial charge is 0.292 e. The van der Waals surface area contributed by atoms with Gasteiger partial charge < -0.3 is 0 Å². The van der Waals surface area contributed by atoms with E-state index in [1.54, 1.807) is 6.07 Å². The standard InChI is InChI=1S/C19H21ClN6O4S2/c1-13-2-3-14(8-10-21-32(29,30)16-6-4-15(20)5-7-16)17(12-13)31(28)11-9-18(27)22-19-23-25-26-24-19/h2-7,12,21H,8-11H2,1H3,(H2,22,23,24,25,26,27). The quantitative estimate of drug-likeness (QED) is 0.388. The molecule has 1 amide bonds. The summed E-state index contributed by atoms with van der Waals surface area (Å²) in [6, 6.07) is 11.3. The molecule has 10 nitrogen and oxygen atoms in total. The Bertz CT molecular complexity index is 1200.